The Hall–Kier alpha value is -1.88. The molecule has 1 rings (SSSR count). The number of hydrogen-bond donors (Lipinski definition) is 1. The molecular formula is C18H29N2O3+. The first kappa shape index (κ1) is 19.2. The third-order valence-electron chi connectivity index (χ3n) is 4.52. The predicted molar refractivity (Wildman–Crippen MR) is 92.6 cm³/mol. The van der Waals surface area contributed by atoms with Crippen molar-refractivity contribution in [1.29, 1.82) is 0 Å². The Bertz CT molecular complexity index is 546. The summed E-state index contributed by atoms with van der Waals surface area (Å²) in [6.45, 7) is 14.8. The second kappa shape index (κ2) is 8.11. The smallest absolute Gasteiger partial charge is 0.308 e. The lowest BCUT2D eigenvalue weighted by Crippen LogP contribution is -2.52. The van der Waals surface area contributed by atoms with E-state index >= 15 is 0 Å². The van der Waals surface area contributed by atoms with Crippen molar-refractivity contribution < 1.29 is 18.8 Å². The van der Waals surface area contributed by atoms with Gasteiger partial charge in [-0.25, -0.2) is 0 Å². The molecule has 0 saturated carbocycles. The van der Waals surface area contributed by atoms with Crippen LogP contribution in [0, 0.1) is 13.8 Å². The van der Waals surface area contributed by atoms with Crippen molar-refractivity contribution in [2.24, 2.45) is 0 Å². The number of nitrogens with zero attached hydrogens (tertiary/aromatic N) is 1. The molecule has 1 aromatic carbocycles. The number of anilines is 1. The topological polar surface area (TPSA) is 55.4 Å². The minimum Gasteiger partial charge on any atom is -0.427 e. The van der Waals surface area contributed by atoms with Gasteiger partial charge in [0.1, 0.15) is 5.75 Å². The molecule has 0 bridgehead atoms. The van der Waals surface area contributed by atoms with Crippen LogP contribution in [0.4, 0.5) is 5.69 Å². The van der Waals surface area contributed by atoms with Crippen LogP contribution >= 0.6 is 0 Å². The van der Waals surface area contributed by atoms with Gasteiger partial charge in [0, 0.05) is 12.6 Å². The first-order valence-electron chi connectivity index (χ1n) is 8.21. The van der Waals surface area contributed by atoms with Crippen molar-refractivity contribution in [3.8, 4) is 5.75 Å². The van der Waals surface area contributed by atoms with Crippen LogP contribution in [0.1, 0.15) is 38.8 Å². The first-order valence-corrected chi connectivity index (χ1v) is 8.21. The Balaban J connectivity index is 2.92. The fraction of sp³-hybridized carbons (Fsp3) is 0.556. The summed E-state index contributed by atoms with van der Waals surface area (Å²) in [4.78, 5) is 23.5. The SMILES string of the molecule is CC[N+](CC)(CC)CC(=O)Nc1c(C)cc(OC(C)=O)cc1C. The molecule has 0 aliphatic rings. The van der Waals surface area contributed by atoms with Gasteiger partial charge in [0.2, 0.25) is 0 Å². The molecule has 0 spiro atoms. The number of carbonyl (C=O) groups is 2. The largest absolute Gasteiger partial charge is 0.427 e. The molecule has 0 aliphatic carbocycles. The van der Waals surface area contributed by atoms with Gasteiger partial charge in [-0.05, 0) is 57.9 Å². The van der Waals surface area contributed by atoms with Gasteiger partial charge in [0.25, 0.3) is 5.91 Å². The minimum atomic E-state index is -0.350. The van der Waals surface area contributed by atoms with Crippen LogP contribution < -0.4 is 10.1 Å². The molecule has 5 nitrogen and oxygen atoms in total. The van der Waals surface area contributed by atoms with E-state index in [4.69, 9.17) is 4.74 Å². The third kappa shape index (κ3) is 5.06. The van der Waals surface area contributed by atoms with Gasteiger partial charge in [-0.15, -0.1) is 0 Å². The number of likely N-dealkylation sites (N-methyl/N-ethyl adjacent to an activating group) is 1. The standard InChI is InChI=1S/C18H28N2O3/c1-7-20(8-2,9-3)12-17(22)19-18-13(4)10-16(11-14(18)5)23-15(6)21/h10-11H,7-9,12H2,1-6H3/p+1. The Labute approximate surface area is 139 Å². The number of hydrogen-bond acceptors (Lipinski definition) is 3. The predicted octanol–water partition coefficient (Wildman–Crippen LogP) is 3.04. The van der Waals surface area contributed by atoms with Gasteiger partial charge >= 0.3 is 5.97 Å². The van der Waals surface area contributed by atoms with E-state index in [-0.39, 0.29) is 11.9 Å². The van der Waals surface area contributed by atoms with Crippen molar-refractivity contribution in [3.05, 3.63) is 23.3 Å². The lowest BCUT2D eigenvalue weighted by molar-refractivity contribution is -0.915. The average molecular weight is 321 g/mol. The Kier molecular flexibility index (Phi) is 6.76. The molecule has 5 heteroatoms. The normalized spacial score (nSPS) is 11.2. The number of quaternary nitrogens is 1. The molecule has 0 atom stereocenters. The monoisotopic (exact) mass is 321 g/mol. The molecule has 0 aliphatic heterocycles. The Morgan fingerprint density at radius 3 is 1.91 bits per heavy atom. The molecule has 0 aromatic heterocycles. The van der Waals surface area contributed by atoms with Crippen LogP contribution in [0.15, 0.2) is 12.1 Å². The molecule has 1 N–H and O–H groups in total. The second-order valence-electron chi connectivity index (χ2n) is 6.02. The molecule has 0 unspecified atom stereocenters. The zero-order valence-corrected chi connectivity index (χ0v) is 15.2. The number of benzene rings is 1. The van der Waals surface area contributed by atoms with Crippen molar-refractivity contribution >= 4 is 17.6 Å². The summed E-state index contributed by atoms with van der Waals surface area (Å²) in [5.74, 6) is 0.171. The van der Waals surface area contributed by atoms with Crippen molar-refractivity contribution in [2.75, 3.05) is 31.5 Å². The van der Waals surface area contributed by atoms with E-state index in [1.807, 2.05) is 13.8 Å². The number of carbonyl (C=O) groups excluding carboxylic acids is 2. The highest BCUT2D eigenvalue weighted by atomic mass is 16.5. The molecule has 0 saturated heterocycles. The van der Waals surface area contributed by atoms with E-state index in [1.165, 1.54) is 6.92 Å². The molecule has 1 aromatic rings. The van der Waals surface area contributed by atoms with Crippen LogP contribution in [0.5, 0.6) is 5.75 Å². The summed E-state index contributed by atoms with van der Waals surface area (Å²) in [5, 5.41) is 3.02. The third-order valence-corrected chi connectivity index (χ3v) is 4.52. The molecular weight excluding hydrogens is 292 g/mol. The lowest BCUT2D eigenvalue weighted by atomic mass is 10.1. The van der Waals surface area contributed by atoms with E-state index in [1.54, 1.807) is 12.1 Å². The van der Waals surface area contributed by atoms with Gasteiger partial charge in [0.05, 0.1) is 19.6 Å². The van der Waals surface area contributed by atoms with E-state index in [0.29, 0.717) is 12.3 Å². The van der Waals surface area contributed by atoms with Crippen LogP contribution in [0.2, 0.25) is 0 Å². The molecule has 0 fully saturated rings. The van der Waals surface area contributed by atoms with E-state index in [2.05, 4.69) is 26.1 Å². The fourth-order valence-electron chi connectivity index (χ4n) is 2.84. The highest BCUT2D eigenvalue weighted by Gasteiger charge is 2.25. The summed E-state index contributed by atoms with van der Waals surface area (Å²) >= 11 is 0. The molecule has 1 amide bonds. The summed E-state index contributed by atoms with van der Waals surface area (Å²) < 4.78 is 5.89. The van der Waals surface area contributed by atoms with E-state index < -0.39 is 0 Å². The van der Waals surface area contributed by atoms with Crippen LogP contribution in [0.25, 0.3) is 0 Å². The van der Waals surface area contributed by atoms with E-state index in [0.717, 1.165) is 40.9 Å². The minimum absolute atomic E-state index is 0.0157. The molecule has 23 heavy (non-hydrogen) atoms. The van der Waals surface area contributed by atoms with Crippen molar-refractivity contribution in [2.45, 2.75) is 41.5 Å². The second-order valence-corrected chi connectivity index (χ2v) is 6.02. The average Bonchev–Trinajstić information content (AvgIpc) is 2.48. The summed E-state index contributed by atoms with van der Waals surface area (Å²) in [7, 11) is 0. The summed E-state index contributed by atoms with van der Waals surface area (Å²) in [5.41, 5.74) is 2.57. The summed E-state index contributed by atoms with van der Waals surface area (Å²) in [6, 6.07) is 3.54. The number of aryl methyl sites for hydroxylation is 2. The molecule has 0 heterocycles. The maximum absolute atomic E-state index is 12.5. The van der Waals surface area contributed by atoms with Gasteiger partial charge in [0.15, 0.2) is 6.54 Å². The number of ether oxygens (including phenoxy) is 1. The zero-order valence-electron chi connectivity index (χ0n) is 15.2. The van der Waals surface area contributed by atoms with Gasteiger partial charge < -0.3 is 14.5 Å². The van der Waals surface area contributed by atoms with Crippen molar-refractivity contribution in [1.82, 2.24) is 0 Å². The van der Waals surface area contributed by atoms with Gasteiger partial charge in [-0.2, -0.15) is 0 Å². The van der Waals surface area contributed by atoms with Crippen LogP contribution in [-0.4, -0.2) is 42.5 Å². The molecule has 128 valence electrons. The maximum Gasteiger partial charge on any atom is 0.308 e. The van der Waals surface area contributed by atoms with Crippen LogP contribution in [0.3, 0.4) is 0 Å². The quantitative estimate of drug-likeness (QED) is 0.477. The van der Waals surface area contributed by atoms with Crippen LogP contribution in [-0.2, 0) is 9.59 Å². The van der Waals surface area contributed by atoms with Crippen molar-refractivity contribution in [3.63, 3.8) is 0 Å². The zero-order chi connectivity index (χ0) is 17.6. The lowest BCUT2D eigenvalue weighted by Gasteiger charge is -2.35. The Morgan fingerprint density at radius 1 is 1.04 bits per heavy atom. The number of esters is 1. The van der Waals surface area contributed by atoms with E-state index in [9.17, 15) is 9.59 Å². The van der Waals surface area contributed by atoms with Gasteiger partial charge in [-0.1, -0.05) is 0 Å². The summed E-state index contributed by atoms with van der Waals surface area (Å²) in [6.07, 6.45) is 0. The number of nitrogens with one attached hydrogen (secondary N) is 1. The molecule has 0 radical (unpaired) electrons. The maximum atomic E-state index is 12.5. The first-order chi connectivity index (χ1) is 10.8. The fourth-order valence-corrected chi connectivity index (χ4v) is 2.84. The highest BCUT2D eigenvalue weighted by molar-refractivity contribution is 5.93. The highest BCUT2D eigenvalue weighted by Crippen LogP contribution is 2.26. The Morgan fingerprint density at radius 2 is 1.52 bits per heavy atom. The van der Waals surface area contributed by atoms with Gasteiger partial charge in [-0.3, -0.25) is 9.59 Å². The number of amides is 1. The number of rotatable bonds is 7.